The second-order valence-electron chi connectivity index (χ2n) is 5.30. The van der Waals surface area contributed by atoms with E-state index in [0.29, 0.717) is 12.0 Å². The molecule has 0 radical (unpaired) electrons. The Kier molecular flexibility index (Phi) is 5.28. The van der Waals surface area contributed by atoms with Gasteiger partial charge in [0.15, 0.2) is 0 Å². The largest absolute Gasteiger partial charge is 0.349 e. The van der Waals surface area contributed by atoms with Crippen molar-refractivity contribution in [2.45, 2.75) is 38.6 Å². The molecule has 0 heterocycles. The molecule has 0 unspecified atom stereocenters. The maximum atomic E-state index is 12.3. The SMILES string of the molecule is Cc1ccc(Br)cc1C(=O)NC1CCC(CCl)CC1. The second-order valence-corrected chi connectivity index (χ2v) is 6.53. The number of rotatable bonds is 3. The van der Waals surface area contributed by atoms with Gasteiger partial charge in [0.05, 0.1) is 0 Å². The molecule has 1 fully saturated rings. The number of aryl methyl sites for hydroxylation is 1. The van der Waals surface area contributed by atoms with Crippen molar-refractivity contribution in [3.05, 3.63) is 33.8 Å². The maximum Gasteiger partial charge on any atom is 0.251 e. The smallest absolute Gasteiger partial charge is 0.251 e. The van der Waals surface area contributed by atoms with Gasteiger partial charge in [0, 0.05) is 22.0 Å². The molecular formula is C15H19BrClNO. The van der Waals surface area contributed by atoms with Crippen LogP contribution in [-0.2, 0) is 0 Å². The molecule has 0 saturated heterocycles. The van der Waals surface area contributed by atoms with Gasteiger partial charge in [-0.25, -0.2) is 0 Å². The van der Waals surface area contributed by atoms with Crippen molar-refractivity contribution in [1.29, 1.82) is 0 Å². The first kappa shape index (κ1) is 14.9. The van der Waals surface area contributed by atoms with Crippen LogP contribution in [0.3, 0.4) is 0 Å². The highest BCUT2D eigenvalue weighted by Crippen LogP contribution is 2.25. The molecule has 1 aromatic rings. The third-order valence-corrected chi connectivity index (χ3v) is 4.77. The van der Waals surface area contributed by atoms with E-state index in [1.54, 1.807) is 0 Å². The van der Waals surface area contributed by atoms with Crippen LogP contribution in [0.1, 0.15) is 41.6 Å². The molecular weight excluding hydrogens is 326 g/mol. The van der Waals surface area contributed by atoms with Crippen LogP contribution in [0, 0.1) is 12.8 Å². The van der Waals surface area contributed by atoms with Crippen molar-refractivity contribution in [3.63, 3.8) is 0 Å². The fraction of sp³-hybridized carbons (Fsp3) is 0.533. The minimum atomic E-state index is 0.0353. The lowest BCUT2D eigenvalue weighted by molar-refractivity contribution is 0.0922. The number of carbonyl (C=O) groups is 1. The standard InChI is InChI=1S/C15H19BrClNO/c1-10-2-5-12(16)8-14(10)15(19)18-13-6-3-11(9-17)4-7-13/h2,5,8,11,13H,3-4,6-7,9H2,1H3,(H,18,19). The molecule has 1 amide bonds. The fourth-order valence-corrected chi connectivity index (χ4v) is 3.23. The van der Waals surface area contributed by atoms with Crippen LogP contribution < -0.4 is 5.32 Å². The predicted molar refractivity (Wildman–Crippen MR) is 82.8 cm³/mol. The van der Waals surface area contributed by atoms with Crippen molar-refractivity contribution < 1.29 is 4.79 Å². The summed E-state index contributed by atoms with van der Waals surface area (Å²) in [7, 11) is 0. The van der Waals surface area contributed by atoms with Crippen LogP contribution in [0.2, 0.25) is 0 Å². The minimum Gasteiger partial charge on any atom is -0.349 e. The van der Waals surface area contributed by atoms with Gasteiger partial charge in [-0.1, -0.05) is 22.0 Å². The van der Waals surface area contributed by atoms with Crippen LogP contribution in [0.25, 0.3) is 0 Å². The summed E-state index contributed by atoms with van der Waals surface area (Å²) in [5, 5.41) is 3.14. The van der Waals surface area contributed by atoms with Crippen molar-refractivity contribution in [1.82, 2.24) is 5.32 Å². The fourth-order valence-electron chi connectivity index (χ4n) is 2.56. The Labute approximate surface area is 128 Å². The van der Waals surface area contributed by atoms with Gasteiger partial charge in [-0.3, -0.25) is 4.79 Å². The Morgan fingerprint density at radius 2 is 2.05 bits per heavy atom. The molecule has 2 rings (SSSR count). The van der Waals surface area contributed by atoms with Crippen molar-refractivity contribution >= 4 is 33.4 Å². The Bertz CT molecular complexity index is 455. The lowest BCUT2D eigenvalue weighted by atomic mass is 9.87. The average Bonchev–Trinajstić information content (AvgIpc) is 2.42. The number of nitrogens with one attached hydrogen (secondary N) is 1. The summed E-state index contributed by atoms with van der Waals surface area (Å²) in [6.45, 7) is 1.96. The first-order valence-corrected chi connectivity index (χ1v) is 8.06. The molecule has 0 atom stereocenters. The first-order valence-electron chi connectivity index (χ1n) is 6.73. The van der Waals surface area contributed by atoms with Gasteiger partial charge in [-0.15, -0.1) is 11.6 Å². The third-order valence-electron chi connectivity index (χ3n) is 3.84. The van der Waals surface area contributed by atoms with Crippen molar-refractivity contribution in [2.24, 2.45) is 5.92 Å². The molecule has 1 aliphatic carbocycles. The quantitative estimate of drug-likeness (QED) is 0.815. The molecule has 0 spiro atoms. The van der Waals surface area contributed by atoms with Gasteiger partial charge in [-0.2, -0.15) is 0 Å². The number of carbonyl (C=O) groups excluding carboxylic acids is 1. The Balaban J connectivity index is 1.96. The summed E-state index contributed by atoms with van der Waals surface area (Å²) in [6, 6.07) is 6.10. The zero-order valence-corrected chi connectivity index (χ0v) is 13.4. The second kappa shape index (κ2) is 6.76. The molecule has 19 heavy (non-hydrogen) atoms. The summed E-state index contributed by atoms with van der Waals surface area (Å²) in [6.07, 6.45) is 4.31. The summed E-state index contributed by atoms with van der Waals surface area (Å²) in [5.41, 5.74) is 1.77. The zero-order chi connectivity index (χ0) is 13.8. The van der Waals surface area contributed by atoms with E-state index in [2.05, 4.69) is 21.2 Å². The average molecular weight is 345 g/mol. The number of hydrogen-bond donors (Lipinski definition) is 1. The van der Waals surface area contributed by atoms with E-state index in [-0.39, 0.29) is 5.91 Å². The van der Waals surface area contributed by atoms with E-state index in [1.165, 1.54) is 0 Å². The number of halogens is 2. The summed E-state index contributed by atoms with van der Waals surface area (Å²) in [5.74, 6) is 1.40. The van der Waals surface area contributed by atoms with Gasteiger partial charge in [0.1, 0.15) is 0 Å². The minimum absolute atomic E-state index is 0.0353. The zero-order valence-electron chi connectivity index (χ0n) is 11.1. The first-order chi connectivity index (χ1) is 9.10. The molecule has 4 heteroatoms. The highest BCUT2D eigenvalue weighted by Gasteiger charge is 2.22. The normalized spacial score (nSPS) is 23.1. The Morgan fingerprint density at radius 1 is 1.37 bits per heavy atom. The van der Waals surface area contributed by atoms with Crippen molar-refractivity contribution in [3.8, 4) is 0 Å². The third kappa shape index (κ3) is 3.96. The molecule has 1 aromatic carbocycles. The summed E-state index contributed by atoms with van der Waals surface area (Å²) < 4.78 is 0.939. The Morgan fingerprint density at radius 3 is 2.68 bits per heavy atom. The van der Waals surface area contributed by atoms with Gasteiger partial charge < -0.3 is 5.32 Å². The molecule has 104 valence electrons. The van der Waals surface area contributed by atoms with E-state index in [1.807, 2.05) is 25.1 Å². The van der Waals surface area contributed by atoms with Crippen molar-refractivity contribution in [2.75, 3.05) is 5.88 Å². The number of hydrogen-bond acceptors (Lipinski definition) is 1. The van der Waals surface area contributed by atoms with E-state index < -0.39 is 0 Å². The van der Waals surface area contributed by atoms with Crippen LogP contribution in [0.4, 0.5) is 0 Å². The van der Waals surface area contributed by atoms with Gasteiger partial charge in [-0.05, 0) is 56.2 Å². The monoisotopic (exact) mass is 343 g/mol. The predicted octanol–water partition coefficient (Wildman–Crippen LogP) is 4.28. The molecule has 0 aliphatic heterocycles. The topological polar surface area (TPSA) is 29.1 Å². The molecule has 1 N–H and O–H groups in total. The lowest BCUT2D eigenvalue weighted by Crippen LogP contribution is -2.38. The number of benzene rings is 1. The summed E-state index contributed by atoms with van der Waals surface area (Å²) >= 11 is 9.29. The van der Waals surface area contributed by atoms with Gasteiger partial charge in [0.25, 0.3) is 5.91 Å². The Hall–Kier alpha value is -0.540. The van der Waals surface area contributed by atoms with Gasteiger partial charge >= 0.3 is 0 Å². The van der Waals surface area contributed by atoms with Gasteiger partial charge in [0.2, 0.25) is 0 Å². The highest BCUT2D eigenvalue weighted by molar-refractivity contribution is 9.10. The molecule has 0 bridgehead atoms. The maximum absolute atomic E-state index is 12.3. The van der Waals surface area contributed by atoms with Crippen LogP contribution in [0.5, 0.6) is 0 Å². The van der Waals surface area contributed by atoms with E-state index >= 15 is 0 Å². The van der Waals surface area contributed by atoms with E-state index in [9.17, 15) is 4.79 Å². The molecule has 1 saturated carbocycles. The number of alkyl halides is 1. The van der Waals surface area contributed by atoms with E-state index in [4.69, 9.17) is 11.6 Å². The van der Waals surface area contributed by atoms with Crippen LogP contribution in [-0.4, -0.2) is 17.8 Å². The highest BCUT2D eigenvalue weighted by atomic mass is 79.9. The molecule has 1 aliphatic rings. The molecule has 2 nitrogen and oxygen atoms in total. The summed E-state index contributed by atoms with van der Waals surface area (Å²) in [4.78, 5) is 12.3. The van der Waals surface area contributed by atoms with Crippen LogP contribution in [0.15, 0.2) is 22.7 Å². The van der Waals surface area contributed by atoms with Crippen LogP contribution >= 0.6 is 27.5 Å². The lowest BCUT2D eigenvalue weighted by Gasteiger charge is -2.28. The number of amides is 1. The molecule has 0 aromatic heterocycles. The van der Waals surface area contributed by atoms with E-state index in [0.717, 1.165) is 47.2 Å².